The van der Waals surface area contributed by atoms with Crippen molar-refractivity contribution < 1.29 is 9.53 Å². The normalized spacial score (nSPS) is 11.2. The highest BCUT2D eigenvalue weighted by Crippen LogP contribution is 2.15. The minimum Gasteiger partial charge on any atom is -0.461 e. The summed E-state index contributed by atoms with van der Waals surface area (Å²) in [6, 6.07) is 3.79. The van der Waals surface area contributed by atoms with Gasteiger partial charge in [-0.15, -0.1) is 0 Å². The molecule has 0 amide bonds. The first-order chi connectivity index (χ1) is 16.2. The van der Waals surface area contributed by atoms with Crippen LogP contribution in [0.3, 0.4) is 0 Å². The molecule has 1 heterocycles. The van der Waals surface area contributed by atoms with Crippen LogP contribution in [0.2, 0.25) is 0 Å². The third-order valence-electron chi connectivity index (χ3n) is 6.53. The van der Waals surface area contributed by atoms with E-state index in [2.05, 4.69) is 18.8 Å². The van der Waals surface area contributed by atoms with E-state index in [1.54, 1.807) is 12.4 Å². The van der Waals surface area contributed by atoms with Gasteiger partial charge in [0.1, 0.15) is 6.61 Å². The molecular weight excluding hydrogens is 406 g/mol. The summed E-state index contributed by atoms with van der Waals surface area (Å²) in [6.07, 6.45) is 30.0. The molecule has 1 aromatic heterocycles. The van der Waals surface area contributed by atoms with Crippen LogP contribution in [0.1, 0.15) is 148 Å². The zero-order chi connectivity index (χ0) is 23.8. The van der Waals surface area contributed by atoms with Gasteiger partial charge < -0.3 is 4.74 Å². The van der Waals surface area contributed by atoms with Crippen LogP contribution < -0.4 is 0 Å². The van der Waals surface area contributed by atoms with Crippen molar-refractivity contribution >= 4 is 5.97 Å². The average Bonchev–Trinajstić information content (AvgIpc) is 2.82. The molecule has 0 N–H and O–H groups in total. The Balaban J connectivity index is 1.71. The van der Waals surface area contributed by atoms with E-state index >= 15 is 0 Å². The fourth-order valence-electron chi connectivity index (χ4n) is 4.37. The minimum atomic E-state index is -0.0871. The average molecular weight is 460 g/mol. The predicted molar refractivity (Wildman–Crippen MR) is 141 cm³/mol. The largest absolute Gasteiger partial charge is 0.461 e. The maximum absolute atomic E-state index is 11.8. The predicted octanol–water partition coefficient (Wildman–Crippen LogP) is 9.58. The van der Waals surface area contributed by atoms with Crippen LogP contribution in [-0.4, -0.2) is 11.0 Å². The molecule has 0 aromatic carbocycles. The van der Waals surface area contributed by atoms with E-state index < -0.39 is 0 Å². The second-order valence-corrected chi connectivity index (χ2v) is 10.3. The van der Waals surface area contributed by atoms with E-state index in [4.69, 9.17) is 4.74 Å². The molecule has 0 aliphatic rings. The van der Waals surface area contributed by atoms with Crippen molar-refractivity contribution in [3.8, 4) is 0 Å². The molecule has 0 aliphatic carbocycles. The van der Waals surface area contributed by atoms with E-state index in [1.807, 2.05) is 12.1 Å². The van der Waals surface area contributed by atoms with Crippen molar-refractivity contribution in [1.29, 1.82) is 0 Å². The van der Waals surface area contributed by atoms with Crippen molar-refractivity contribution in [2.45, 2.75) is 149 Å². The lowest BCUT2D eigenvalue weighted by Crippen LogP contribution is -2.04. The molecule has 0 aliphatic heterocycles. The van der Waals surface area contributed by atoms with E-state index in [0.29, 0.717) is 13.0 Å². The van der Waals surface area contributed by atoms with Gasteiger partial charge in [-0.05, 0) is 18.4 Å². The van der Waals surface area contributed by atoms with E-state index in [9.17, 15) is 4.79 Å². The van der Waals surface area contributed by atoms with Gasteiger partial charge in [0.25, 0.3) is 0 Å². The zero-order valence-electron chi connectivity index (χ0n) is 22.0. The Morgan fingerprint density at radius 3 is 1.61 bits per heavy atom. The third kappa shape index (κ3) is 20.9. The number of esters is 1. The quantitative estimate of drug-likeness (QED) is 0.121. The summed E-state index contributed by atoms with van der Waals surface area (Å²) in [5.74, 6) is 0.791. The van der Waals surface area contributed by atoms with Crippen LogP contribution in [0.15, 0.2) is 24.5 Å². The van der Waals surface area contributed by atoms with Crippen LogP contribution in [0, 0.1) is 5.92 Å². The van der Waals surface area contributed by atoms with Gasteiger partial charge in [-0.25, -0.2) is 0 Å². The Bertz CT molecular complexity index is 543. The summed E-state index contributed by atoms with van der Waals surface area (Å²) in [7, 11) is 0. The molecule has 1 rings (SSSR count). The van der Waals surface area contributed by atoms with Gasteiger partial charge in [0, 0.05) is 24.4 Å². The number of carbonyl (C=O) groups excluding carboxylic acids is 1. The summed E-state index contributed by atoms with van der Waals surface area (Å²) in [5, 5.41) is 0. The molecule has 33 heavy (non-hydrogen) atoms. The molecule has 3 heteroatoms. The zero-order valence-corrected chi connectivity index (χ0v) is 22.0. The number of rotatable bonds is 23. The van der Waals surface area contributed by atoms with Crippen molar-refractivity contribution in [3.63, 3.8) is 0 Å². The summed E-state index contributed by atoms with van der Waals surface area (Å²) in [4.78, 5) is 15.8. The summed E-state index contributed by atoms with van der Waals surface area (Å²) in [6.45, 7) is 5.00. The molecule has 0 saturated heterocycles. The summed E-state index contributed by atoms with van der Waals surface area (Å²) < 4.78 is 5.29. The molecule has 0 atom stereocenters. The van der Waals surface area contributed by atoms with Crippen LogP contribution in [0.4, 0.5) is 0 Å². The molecule has 3 nitrogen and oxygen atoms in total. The van der Waals surface area contributed by atoms with Gasteiger partial charge >= 0.3 is 5.97 Å². The first-order valence-corrected chi connectivity index (χ1v) is 14.2. The van der Waals surface area contributed by atoms with Gasteiger partial charge in [-0.2, -0.15) is 0 Å². The minimum absolute atomic E-state index is 0.0871. The Hall–Kier alpha value is -1.38. The molecular formula is C30H53NO2. The number of ether oxygens (including phenoxy) is 1. The second-order valence-electron chi connectivity index (χ2n) is 10.3. The number of carbonyl (C=O) groups is 1. The number of aromatic nitrogens is 1. The van der Waals surface area contributed by atoms with Crippen LogP contribution >= 0.6 is 0 Å². The number of unbranched alkanes of at least 4 members (excludes halogenated alkanes) is 17. The third-order valence-corrected chi connectivity index (χ3v) is 6.53. The molecule has 0 unspecified atom stereocenters. The van der Waals surface area contributed by atoms with Gasteiger partial charge in [-0.3, -0.25) is 9.78 Å². The van der Waals surface area contributed by atoms with Gasteiger partial charge in [0.2, 0.25) is 0 Å². The highest BCUT2D eigenvalue weighted by atomic mass is 16.5. The lowest BCUT2D eigenvalue weighted by molar-refractivity contribution is -0.145. The number of hydrogen-bond acceptors (Lipinski definition) is 3. The highest BCUT2D eigenvalue weighted by Gasteiger charge is 2.03. The SMILES string of the molecule is CC(C)CCCCCCCCCCCCCCCCCCCCC(=O)OCc1cccnc1. The molecule has 190 valence electrons. The fraction of sp³-hybridized carbons (Fsp3) is 0.800. The van der Waals surface area contributed by atoms with Crippen molar-refractivity contribution in [3.05, 3.63) is 30.1 Å². The lowest BCUT2D eigenvalue weighted by atomic mass is 10.0. The lowest BCUT2D eigenvalue weighted by Gasteiger charge is -2.05. The Kier molecular flexibility index (Phi) is 20.1. The first-order valence-electron chi connectivity index (χ1n) is 14.2. The van der Waals surface area contributed by atoms with E-state index in [1.165, 1.54) is 109 Å². The van der Waals surface area contributed by atoms with Gasteiger partial charge in [0.15, 0.2) is 0 Å². The number of nitrogens with zero attached hydrogens (tertiary/aromatic N) is 1. The Morgan fingerprint density at radius 1 is 0.727 bits per heavy atom. The summed E-state index contributed by atoms with van der Waals surface area (Å²) in [5.41, 5.74) is 0.948. The highest BCUT2D eigenvalue weighted by molar-refractivity contribution is 5.69. The number of pyridine rings is 1. The maximum Gasteiger partial charge on any atom is 0.306 e. The van der Waals surface area contributed by atoms with E-state index in [0.717, 1.165) is 24.3 Å². The Morgan fingerprint density at radius 2 is 1.18 bits per heavy atom. The monoisotopic (exact) mass is 459 g/mol. The van der Waals surface area contributed by atoms with Gasteiger partial charge in [-0.1, -0.05) is 135 Å². The smallest absolute Gasteiger partial charge is 0.306 e. The molecule has 0 radical (unpaired) electrons. The van der Waals surface area contributed by atoms with Crippen molar-refractivity contribution in [2.24, 2.45) is 5.92 Å². The summed E-state index contributed by atoms with van der Waals surface area (Å²) >= 11 is 0. The van der Waals surface area contributed by atoms with Crippen LogP contribution in [0.5, 0.6) is 0 Å². The Labute approximate surface area is 205 Å². The fourth-order valence-corrected chi connectivity index (χ4v) is 4.37. The maximum atomic E-state index is 11.8. The molecule has 0 fully saturated rings. The van der Waals surface area contributed by atoms with Crippen molar-refractivity contribution in [1.82, 2.24) is 4.98 Å². The molecule has 0 spiro atoms. The topological polar surface area (TPSA) is 39.2 Å². The second kappa shape index (κ2) is 22.4. The van der Waals surface area contributed by atoms with Gasteiger partial charge in [0.05, 0.1) is 0 Å². The molecule has 0 bridgehead atoms. The van der Waals surface area contributed by atoms with E-state index in [-0.39, 0.29) is 5.97 Å². The first kappa shape index (κ1) is 29.7. The number of hydrogen-bond donors (Lipinski definition) is 0. The van der Waals surface area contributed by atoms with Crippen LogP contribution in [0.25, 0.3) is 0 Å². The molecule has 0 saturated carbocycles. The van der Waals surface area contributed by atoms with Crippen LogP contribution in [-0.2, 0) is 16.1 Å². The standard InChI is InChI=1S/C30H53NO2/c1-28(2)22-19-17-15-13-11-9-7-5-3-4-6-8-10-12-14-16-18-20-24-30(32)33-27-29-23-21-25-31-26-29/h21,23,25-26,28H,3-20,22,24,27H2,1-2H3. The van der Waals surface area contributed by atoms with Crippen molar-refractivity contribution in [2.75, 3.05) is 0 Å². The molecule has 1 aromatic rings.